The molecule has 0 bridgehead atoms. The Morgan fingerprint density at radius 2 is 1.85 bits per heavy atom. The van der Waals surface area contributed by atoms with E-state index in [2.05, 4.69) is 25.0 Å². The molecule has 40 heavy (non-hydrogen) atoms. The summed E-state index contributed by atoms with van der Waals surface area (Å²) in [5.41, 5.74) is 0.565. The number of nitrogens with one attached hydrogen (secondary N) is 2. The van der Waals surface area contributed by atoms with Gasteiger partial charge >= 0.3 is 0 Å². The molecule has 1 aliphatic rings. The summed E-state index contributed by atoms with van der Waals surface area (Å²) in [6, 6.07) is 9.50. The first-order valence-corrected chi connectivity index (χ1v) is 13.5. The predicted octanol–water partition coefficient (Wildman–Crippen LogP) is 7.22. The lowest BCUT2D eigenvalue weighted by molar-refractivity contribution is 0.243. The van der Waals surface area contributed by atoms with E-state index in [1.807, 2.05) is 0 Å². The normalized spacial score (nSPS) is 17.1. The first-order chi connectivity index (χ1) is 19.3. The number of hydrogen-bond acceptors (Lipinski definition) is 7. The number of benzene rings is 2. The molecular weight excluding hydrogens is 573 g/mol. The van der Waals surface area contributed by atoms with Crippen LogP contribution >= 0.6 is 23.5 Å². The van der Waals surface area contributed by atoms with Crippen LogP contribution in [0.2, 0.25) is 5.02 Å². The summed E-state index contributed by atoms with van der Waals surface area (Å²) in [6.45, 7) is 0.784. The number of hydrogen-bond donors (Lipinski definition) is 2. The Kier molecular flexibility index (Phi) is 8.67. The van der Waals surface area contributed by atoms with Gasteiger partial charge < -0.3 is 14.8 Å². The van der Waals surface area contributed by atoms with Gasteiger partial charge in [-0.2, -0.15) is 4.39 Å². The van der Waals surface area contributed by atoms with E-state index < -0.39 is 40.9 Å². The summed E-state index contributed by atoms with van der Waals surface area (Å²) in [4.78, 5) is 12.9. The first kappa shape index (κ1) is 28.1. The minimum Gasteiger partial charge on any atom is -0.435 e. The maximum absolute atomic E-state index is 15.0. The lowest BCUT2D eigenvalue weighted by Crippen LogP contribution is -2.36. The highest BCUT2D eigenvalue weighted by Crippen LogP contribution is 2.36. The van der Waals surface area contributed by atoms with Gasteiger partial charge in [-0.3, -0.25) is 0 Å². The zero-order valence-electron chi connectivity index (χ0n) is 20.6. The smallest absolute Gasteiger partial charge is 0.228 e. The minimum atomic E-state index is -1.49. The Balaban J connectivity index is 1.35. The highest BCUT2D eigenvalue weighted by molar-refractivity contribution is 7.99. The molecule has 5 rings (SSSR count). The van der Waals surface area contributed by atoms with Crippen LogP contribution in [0, 0.1) is 23.3 Å². The second kappa shape index (κ2) is 12.4. The molecule has 0 amide bonds. The molecule has 1 aliphatic heterocycles. The molecule has 0 saturated carbocycles. The van der Waals surface area contributed by atoms with Crippen molar-refractivity contribution in [2.45, 2.75) is 24.3 Å². The van der Waals surface area contributed by atoms with Gasteiger partial charge in [0.15, 0.2) is 17.4 Å². The number of aromatic nitrogens is 3. The number of alkyl halides is 1. The van der Waals surface area contributed by atoms with Gasteiger partial charge in [-0.05, 0) is 54.3 Å². The number of rotatable bonds is 8. The second-order valence-corrected chi connectivity index (χ2v) is 10.1. The number of ether oxygens (including phenoxy) is 1. The number of pyridine rings is 1. The van der Waals surface area contributed by atoms with Crippen LogP contribution < -0.4 is 14.8 Å². The zero-order chi connectivity index (χ0) is 28.2. The molecule has 0 radical (unpaired) electrons. The van der Waals surface area contributed by atoms with Gasteiger partial charge in [0.1, 0.15) is 23.5 Å². The van der Waals surface area contributed by atoms with Crippen molar-refractivity contribution >= 4 is 29.2 Å². The van der Waals surface area contributed by atoms with Gasteiger partial charge in [0.2, 0.25) is 11.7 Å². The van der Waals surface area contributed by atoms with Crippen molar-refractivity contribution in [3.63, 3.8) is 0 Å². The summed E-state index contributed by atoms with van der Waals surface area (Å²) in [5.74, 6) is -5.15. The van der Waals surface area contributed by atoms with E-state index in [0.717, 1.165) is 11.9 Å². The van der Waals surface area contributed by atoms with E-state index in [4.69, 9.17) is 16.3 Å². The summed E-state index contributed by atoms with van der Waals surface area (Å²) in [6.07, 6.45) is 2.13. The van der Waals surface area contributed by atoms with E-state index in [0.29, 0.717) is 35.3 Å². The highest BCUT2D eigenvalue weighted by atomic mass is 35.5. The lowest BCUT2D eigenvalue weighted by atomic mass is 9.97. The van der Waals surface area contributed by atoms with Gasteiger partial charge in [0, 0.05) is 43.2 Å². The Labute approximate surface area is 235 Å². The van der Waals surface area contributed by atoms with Crippen LogP contribution in [-0.4, -0.2) is 34.2 Å². The molecule has 4 aromatic rings. The highest BCUT2D eigenvalue weighted by Gasteiger charge is 2.26. The number of anilines is 1. The first-order valence-electron chi connectivity index (χ1n) is 12.1. The fraction of sp³-hybridized carbons (Fsp3) is 0.222. The van der Waals surface area contributed by atoms with Gasteiger partial charge in [0.05, 0.1) is 16.3 Å². The van der Waals surface area contributed by atoms with Crippen molar-refractivity contribution in [2.75, 3.05) is 17.8 Å². The van der Waals surface area contributed by atoms with Crippen LogP contribution in [0.15, 0.2) is 54.9 Å². The van der Waals surface area contributed by atoms with Crippen LogP contribution in [-0.2, 0) is 5.75 Å². The number of piperidine rings is 1. The van der Waals surface area contributed by atoms with E-state index in [9.17, 15) is 22.0 Å². The molecular formula is C27H21ClF5N5OS. The molecule has 2 N–H and O–H groups in total. The Morgan fingerprint density at radius 1 is 1.00 bits per heavy atom. The van der Waals surface area contributed by atoms with Crippen LogP contribution in [0.4, 0.5) is 27.6 Å². The molecule has 6 nitrogen and oxygen atoms in total. The average Bonchev–Trinajstić information content (AvgIpc) is 2.95. The van der Waals surface area contributed by atoms with Crippen molar-refractivity contribution in [3.8, 4) is 22.9 Å². The number of halogens is 6. The monoisotopic (exact) mass is 593 g/mol. The van der Waals surface area contributed by atoms with E-state index in [1.165, 1.54) is 30.6 Å². The molecule has 0 aliphatic carbocycles. The fourth-order valence-corrected chi connectivity index (χ4v) is 5.09. The van der Waals surface area contributed by atoms with Crippen LogP contribution in [0.1, 0.15) is 23.7 Å². The lowest BCUT2D eigenvalue weighted by Gasteiger charge is -2.24. The molecule has 208 valence electrons. The quantitative estimate of drug-likeness (QED) is 0.127. The molecule has 2 unspecified atom stereocenters. The standard InChI is InChI=1S/C27H21ClF5N5OS/c28-18-8-14(3-4-19(18)30)13-40-38-25-20(31)10-22(23(32)24(25)33)39-27-17(2-1-6-36-27)21-5-7-35-26(37-21)15-9-16(29)12-34-11-15/h1-8,10,15-16,34,38H,9,11-13H2. The van der Waals surface area contributed by atoms with Gasteiger partial charge in [-0.15, -0.1) is 0 Å². The third kappa shape index (κ3) is 6.29. The Morgan fingerprint density at radius 3 is 2.65 bits per heavy atom. The summed E-state index contributed by atoms with van der Waals surface area (Å²) in [7, 11) is 0. The molecule has 1 fully saturated rings. The maximum Gasteiger partial charge on any atom is 0.228 e. The SMILES string of the molecule is Fc1ccc(CSNc2c(F)cc(Oc3ncccc3-c3ccnc(C4CNCC(F)C4)n3)c(F)c2F)cc1Cl. The van der Waals surface area contributed by atoms with Crippen molar-refractivity contribution in [3.05, 3.63) is 94.5 Å². The molecule has 2 atom stereocenters. The van der Waals surface area contributed by atoms with Crippen molar-refractivity contribution < 1.29 is 26.7 Å². The second-order valence-electron chi connectivity index (χ2n) is 8.95. The Hall–Kier alpha value is -3.48. The maximum atomic E-state index is 15.0. The summed E-state index contributed by atoms with van der Waals surface area (Å²) in [5, 5.41) is 2.91. The summed E-state index contributed by atoms with van der Waals surface area (Å²) >= 11 is 6.61. The molecule has 2 aromatic carbocycles. The predicted molar refractivity (Wildman–Crippen MR) is 143 cm³/mol. The molecule has 3 heterocycles. The van der Waals surface area contributed by atoms with Crippen LogP contribution in [0.5, 0.6) is 11.6 Å². The van der Waals surface area contributed by atoms with Crippen molar-refractivity contribution in [1.82, 2.24) is 20.3 Å². The van der Waals surface area contributed by atoms with Crippen LogP contribution in [0.3, 0.4) is 0 Å². The molecule has 0 spiro atoms. The fourth-order valence-electron chi connectivity index (χ4n) is 4.14. The molecule has 1 saturated heterocycles. The topological polar surface area (TPSA) is 72.0 Å². The van der Waals surface area contributed by atoms with Crippen molar-refractivity contribution in [1.29, 1.82) is 0 Å². The van der Waals surface area contributed by atoms with E-state index >= 15 is 0 Å². The minimum absolute atomic E-state index is 0.0884. The summed E-state index contributed by atoms with van der Waals surface area (Å²) < 4.78 is 79.9. The molecule has 13 heteroatoms. The van der Waals surface area contributed by atoms with Crippen molar-refractivity contribution in [2.24, 2.45) is 0 Å². The van der Waals surface area contributed by atoms with E-state index in [-0.39, 0.29) is 35.5 Å². The number of nitrogens with zero attached hydrogens (tertiary/aromatic N) is 3. The zero-order valence-corrected chi connectivity index (χ0v) is 22.2. The molecule has 2 aromatic heterocycles. The van der Waals surface area contributed by atoms with Gasteiger partial charge in [-0.25, -0.2) is 32.5 Å². The van der Waals surface area contributed by atoms with Gasteiger partial charge in [0.25, 0.3) is 0 Å². The third-order valence-electron chi connectivity index (χ3n) is 6.11. The Bertz CT molecular complexity index is 1530. The van der Waals surface area contributed by atoms with E-state index in [1.54, 1.807) is 18.2 Å². The third-order valence-corrected chi connectivity index (χ3v) is 7.23. The average molecular weight is 594 g/mol. The largest absolute Gasteiger partial charge is 0.435 e. The van der Waals surface area contributed by atoms with Gasteiger partial charge in [-0.1, -0.05) is 17.7 Å². The van der Waals surface area contributed by atoms with Crippen LogP contribution in [0.25, 0.3) is 11.3 Å².